The van der Waals surface area contributed by atoms with Gasteiger partial charge in [0.2, 0.25) is 0 Å². The van der Waals surface area contributed by atoms with Gasteiger partial charge in [0, 0.05) is 30.4 Å². The maximum absolute atomic E-state index is 13.3. The van der Waals surface area contributed by atoms with Gasteiger partial charge in [0.1, 0.15) is 5.82 Å². The van der Waals surface area contributed by atoms with E-state index in [1.165, 1.54) is 6.07 Å². The van der Waals surface area contributed by atoms with Crippen molar-refractivity contribution in [1.82, 2.24) is 0 Å². The summed E-state index contributed by atoms with van der Waals surface area (Å²) in [6.45, 7) is 2.00. The number of benzene rings is 2. The Morgan fingerprint density at radius 1 is 1.05 bits per heavy atom. The summed E-state index contributed by atoms with van der Waals surface area (Å²) in [7, 11) is 3.23. The fourth-order valence-electron chi connectivity index (χ4n) is 2.05. The van der Waals surface area contributed by atoms with Crippen LogP contribution >= 0.6 is 11.8 Å². The van der Waals surface area contributed by atoms with Crippen molar-refractivity contribution in [3.63, 3.8) is 0 Å². The summed E-state index contributed by atoms with van der Waals surface area (Å²) in [4.78, 5) is 1.13. The van der Waals surface area contributed by atoms with Crippen LogP contribution in [0.1, 0.15) is 23.0 Å². The zero-order valence-corrected chi connectivity index (χ0v) is 13.2. The largest absolute Gasteiger partial charge is 0.352 e. The molecule has 0 aliphatic heterocycles. The van der Waals surface area contributed by atoms with Crippen molar-refractivity contribution in [2.75, 3.05) is 14.2 Å². The van der Waals surface area contributed by atoms with Crippen LogP contribution in [0.4, 0.5) is 4.39 Å². The molecule has 112 valence electrons. The van der Waals surface area contributed by atoms with E-state index < -0.39 is 0 Å². The van der Waals surface area contributed by atoms with Crippen molar-refractivity contribution in [3.8, 4) is 0 Å². The summed E-state index contributed by atoms with van der Waals surface area (Å²) in [5, 5.41) is 0. The van der Waals surface area contributed by atoms with Crippen LogP contribution in [0, 0.1) is 12.7 Å². The summed E-state index contributed by atoms with van der Waals surface area (Å²) in [5.41, 5.74) is 3.11. The van der Waals surface area contributed by atoms with Crippen molar-refractivity contribution in [1.29, 1.82) is 0 Å². The number of rotatable bonds is 6. The van der Waals surface area contributed by atoms with Gasteiger partial charge in [-0.1, -0.05) is 18.2 Å². The molecule has 2 nitrogen and oxygen atoms in total. The molecule has 0 spiro atoms. The van der Waals surface area contributed by atoms with Gasteiger partial charge in [-0.3, -0.25) is 0 Å². The van der Waals surface area contributed by atoms with Gasteiger partial charge in [0.05, 0.1) is 0 Å². The summed E-state index contributed by atoms with van der Waals surface area (Å²) >= 11 is 1.68. The van der Waals surface area contributed by atoms with E-state index in [0.717, 1.165) is 27.3 Å². The SMILES string of the molecule is COC(OC)c1ccc(SCc2cc(F)ccc2C)cc1. The van der Waals surface area contributed by atoms with E-state index in [1.54, 1.807) is 32.0 Å². The fraction of sp³-hybridized carbons (Fsp3) is 0.294. The number of thioether (sulfide) groups is 1. The van der Waals surface area contributed by atoms with Crippen LogP contribution in [-0.4, -0.2) is 14.2 Å². The monoisotopic (exact) mass is 306 g/mol. The lowest BCUT2D eigenvalue weighted by molar-refractivity contribution is -0.106. The van der Waals surface area contributed by atoms with Crippen LogP contribution in [0.25, 0.3) is 0 Å². The van der Waals surface area contributed by atoms with Crippen molar-refractivity contribution >= 4 is 11.8 Å². The van der Waals surface area contributed by atoms with Crippen LogP contribution < -0.4 is 0 Å². The number of halogens is 1. The molecule has 2 rings (SSSR count). The van der Waals surface area contributed by atoms with Gasteiger partial charge in [0.25, 0.3) is 0 Å². The fourth-order valence-corrected chi connectivity index (χ4v) is 3.01. The van der Waals surface area contributed by atoms with Gasteiger partial charge < -0.3 is 9.47 Å². The van der Waals surface area contributed by atoms with E-state index in [1.807, 2.05) is 37.3 Å². The molecule has 0 heterocycles. The molecule has 0 radical (unpaired) electrons. The molecular weight excluding hydrogens is 287 g/mol. The number of hydrogen-bond acceptors (Lipinski definition) is 3. The number of ether oxygens (including phenoxy) is 2. The Bertz CT molecular complexity index is 580. The summed E-state index contributed by atoms with van der Waals surface area (Å²) < 4.78 is 23.7. The highest BCUT2D eigenvalue weighted by Gasteiger charge is 2.08. The third-order valence-corrected chi connectivity index (χ3v) is 4.35. The Balaban J connectivity index is 2.02. The molecule has 2 aromatic carbocycles. The number of aryl methyl sites for hydroxylation is 1. The lowest BCUT2D eigenvalue weighted by Crippen LogP contribution is -2.02. The molecule has 0 N–H and O–H groups in total. The van der Waals surface area contributed by atoms with Gasteiger partial charge in [-0.2, -0.15) is 0 Å². The highest BCUT2D eigenvalue weighted by molar-refractivity contribution is 7.98. The molecule has 0 bridgehead atoms. The first-order chi connectivity index (χ1) is 10.1. The first kappa shape index (κ1) is 16.0. The Morgan fingerprint density at radius 2 is 1.71 bits per heavy atom. The highest BCUT2D eigenvalue weighted by atomic mass is 32.2. The predicted octanol–water partition coefficient (Wildman–Crippen LogP) is 4.72. The second-order valence-electron chi connectivity index (χ2n) is 4.73. The Hall–Kier alpha value is -1.36. The van der Waals surface area contributed by atoms with Crippen LogP contribution in [-0.2, 0) is 15.2 Å². The van der Waals surface area contributed by atoms with Crippen molar-refractivity contribution < 1.29 is 13.9 Å². The maximum Gasteiger partial charge on any atom is 0.183 e. The maximum atomic E-state index is 13.3. The highest BCUT2D eigenvalue weighted by Crippen LogP contribution is 2.27. The van der Waals surface area contributed by atoms with Gasteiger partial charge in [0.15, 0.2) is 6.29 Å². The third kappa shape index (κ3) is 4.30. The Kier molecular flexibility index (Phi) is 5.79. The van der Waals surface area contributed by atoms with Gasteiger partial charge >= 0.3 is 0 Å². The van der Waals surface area contributed by atoms with Crippen LogP contribution in [0.2, 0.25) is 0 Å². The average Bonchev–Trinajstić information content (AvgIpc) is 2.51. The number of methoxy groups -OCH3 is 2. The smallest absolute Gasteiger partial charge is 0.183 e. The standard InChI is InChI=1S/C17H19FO2S/c1-12-4-7-15(18)10-14(12)11-21-16-8-5-13(6-9-16)17(19-2)20-3/h4-10,17H,11H2,1-3H3. The molecule has 0 fully saturated rings. The van der Waals surface area contributed by atoms with Crippen LogP contribution in [0.5, 0.6) is 0 Å². The summed E-state index contributed by atoms with van der Waals surface area (Å²) in [6, 6.07) is 12.9. The lowest BCUT2D eigenvalue weighted by Gasteiger charge is -2.14. The van der Waals surface area contributed by atoms with E-state index in [2.05, 4.69) is 0 Å². The first-order valence-electron chi connectivity index (χ1n) is 6.67. The van der Waals surface area contributed by atoms with Crippen molar-refractivity contribution in [2.45, 2.75) is 23.9 Å². The van der Waals surface area contributed by atoms with Crippen molar-refractivity contribution in [3.05, 3.63) is 65.0 Å². The molecule has 0 aliphatic rings. The minimum atomic E-state index is -0.338. The molecule has 0 aliphatic carbocycles. The van der Waals surface area contributed by atoms with Crippen molar-refractivity contribution in [2.24, 2.45) is 0 Å². The second kappa shape index (κ2) is 7.59. The topological polar surface area (TPSA) is 18.5 Å². The molecule has 0 amide bonds. The first-order valence-corrected chi connectivity index (χ1v) is 7.66. The van der Waals surface area contributed by atoms with Gasteiger partial charge in [-0.15, -0.1) is 11.8 Å². The minimum Gasteiger partial charge on any atom is -0.352 e. The second-order valence-corrected chi connectivity index (χ2v) is 5.78. The average molecular weight is 306 g/mol. The quantitative estimate of drug-likeness (QED) is 0.568. The van der Waals surface area contributed by atoms with Gasteiger partial charge in [-0.25, -0.2) is 4.39 Å². The van der Waals surface area contributed by atoms with Crippen LogP contribution in [0.3, 0.4) is 0 Å². The van der Waals surface area contributed by atoms with E-state index in [4.69, 9.17) is 9.47 Å². The minimum absolute atomic E-state index is 0.186. The molecule has 0 saturated heterocycles. The van der Waals surface area contributed by atoms with E-state index in [-0.39, 0.29) is 12.1 Å². The summed E-state index contributed by atoms with van der Waals surface area (Å²) in [6.07, 6.45) is -0.338. The van der Waals surface area contributed by atoms with E-state index >= 15 is 0 Å². The third-order valence-electron chi connectivity index (χ3n) is 3.29. The molecule has 0 atom stereocenters. The predicted molar refractivity (Wildman–Crippen MR) is 83.9 cm³/mol. The molecule has 4 heteroatoms. The molecular formula is C17H19FO2S. The number of hydrogen-bond donors (Lipinski definition) is 0. The lowest BCUT2D eigenvalue weighted by atomic mass is 10.1. The molecule has 2 aromatic rings. The van der Waals surface area contributed by atoms with E-state index in [0.29, 0.717) is 0 Å². The zero-order valence-electron chi connectivity index (χ0n) is 12.4. The Morgan fingerprint density at radius 3 is 2.33 bits per heavy atom. The summed E-state index contributed by atoms with van der Waals surface area (Å²) in [5.74, 6) is 0.565. The van der Waals surface area contributed by atoms with Gasteiger partial charge in [-0.05, 0) is 42.3 Å². The van der Waals surface area contributed by atoms with Crippen LogP contribution in [0.15, 0.2) is 47.4 Å². The molecule has 0 saturated carbocycles. The normalized spacial score (nSPS) is 11.1. The molecule has 21 heavy (non-hydrogen) atoms. The molecule has 0 aromatic heterocycles. The zero-order chi connectivity index (χ0) is 15.2. The van der Waals surface area contributed by atoms with E-state index in [9.17, 15) is 4.39 Å². The molecule has 0 unspecified atom stereocenters. The Labute approximate surface area is 129 Å².